The molecule has 1 N–H and O–H groups in total. The third-order valence-electron chi connectivity index (χ3n) is 1.75. The number of anilines is 1. The summed E-state index contributed by atoms with van der Waals surface area (Å²) in [6.45, 7) is 2.03. The molecule has 0 aliphatic carbocycles. The quantitative estimate of drug-likeness (QED) is 0.845. The van der Waals surface area contributed by atoms with E-state index in [2.05, 4.69) is 10.3 Å². The molecule has 0 saturated heterocycles. The molecule has 0 fully saturated rings. The van der Waals surface area contributed by atoms with Gasteiger partial charge < -0.3 is 14.2 Å². The van der Waals surface area contributed by atoms with E-state index in [9.17, 15) is 4.79 Å². The number of ether oxygens (including phenoxy) is 3. The van der Waals surface area contributed by atoms with E-state index >= 15 is 0 Å². The summed E-state index contributed by atoms with van der Waals surface area (Å²) in [6.07, 6.45) is -0.548. The maximum absolute atomic E-state index is 11.2. The Morgan fingerprint density at radius 1 is 1.38 bits per heavy atom. The van der Waals surface area contributed by atoms with Gasteiger partial charge in [0.25, 0.3) is 0 Å². The number of methoxy groups -OCH3 is 2. The molecule has 0 unspecified atom stereocenters. The number of carbonyl (C=O) groups is 1. The largest absolute Gasteiger partial charge is 0.481 e. The van der Waals surface area contributed by atoms with Crippen LogP contribution < -0.4 is 14.8 Å². The predicted molar refractivity (Wildman–Crippen MR) is 58.0 cm³/mol. The van der Waals surface area contributed by atoms with Crippen molar-refractivity contribution in [3.63, 3.8) is 0 Å². The van der Waals surface area contributed by atoms with E-state index in [4.69, 9.17) is 14.2 Å². The van der Waals surface area contributed by atoms with Crippen LogP contribution in [0.3, 0.4) is 0 Å². The summed E-state index contributed by atoms with van der Waals surface area (Å²) in [4.78, 5) is 15.2. The van der Waals surface area contributed by atoms with Gasteiger partial charge in [0.1, 0.15) is 5.69 Å². The lowest BCUT2D eigenvalue weighted by Crippen LogP contribution is -2.14. The minimum atomic E-state index is -0.548. The summed E-state index contributed by atoms with van der Waals surface area (Å²) in [5.41, 5.74) is 0.432. The monoisotopic (exact) mass is 226 g/mol. The Balaban J connectivity index is 2.83. The van der Waals surface area contributed by atoms with E-state index < -0.39 is 6.09 Å². The molecule has 0 bridgehead atoms. The fraction of sp³-hybridized carbons (Fsp3) is 0.400. The summed E-state index contributed by atoms with van der Waals surface area (Å²) in [5, 5.41) is 2.51. The van der Waals surface area contributed by atoms with Crippen LogP contribution in [0, 0.1) is 0 Å². The summed E-state index contributed by atoms with van der Waals surface area (Å²) in [5.74, 6) is 0.679. The van der Waals surface area contributed by atoms with Crippen molar-refractivity contribution < 1.29 is 19.0 Å². The average Bonchev–Trinajstić information content (AvgIpc) is 2.30. The second-order valence-corrected chi connectivity index (χ2v) is 2.76. The van der Waals surface area contributed by atoms with Gasteiger partial charge in [0.15, 0.2) is 0 Å². The van der Waals surface area contributed by atoms with Crippen LogP contribution in [-0.2, 0) is 4.74 Å². The molecule has 16 heavy (non-hydrogen) atoms. The lowest BCUT2D eigenvalue weighted by Gasteiger charge is -2.09. The van der Waals surface area contributed by atoms with Crippen LogP contribution in [0.1, 0.15) is 6.92 Å². The van der Waals surface area contributed by atoms with Crippen molar-refractivity contribution in [2.24, 2.45) is 0 Å². The number of amides is 1. The highest BCUT2D eigenvalue weighted by atomic mass is 16.5. The van der Waals surface area contributed by atoms with Crippen LogP contribution in [0.15, 0.2) is 12.1 Å². The highest BCUT2D eigenvalue weighted by molar-refractivity contribution is 5.86. The van der Waals surface area contributed by atoms with Gasteiger partial charge in [-0.3, -0.25) is 5.32 Å². The van der Waals surface area contributed by atoms with Crippen LogP contribution >= 0.6 is 0 Å². The molecule has 1 amide bonds. The standard InChI is InChI=1S/C10H14N2O4/c1-4-16-10(13)11-7-5-6-8(14-2)12-9(7)15-3/h5-6H,4H2,1-3H3,(H,11,13). The molecule has 1 aromatic heterocycles. The minimum absolute atomic E-state index is 0.271. The maximum Gasteiger partial charge on any atom is 0.411 e. The molecule has 88 valence electrons. The van der Waals surface area contributed by atoms with Crippen molar-refractivity contribution in [3.8, 4) is 11.8 Å². The predicted octanol–water partition coefficient (Wildman–Crippen LogP) is 1.67. The number of rotatable bonds is 4. The molecule has 0 aromatic carbocycles. The zero-order chi connectivity index (χ0) is 12.0. The van der Waals surface area contributed by atoms with Crippen LogP contribution in [-0.4, -0.2) is 31.9 Å². The van der Waals surface area contributed by atoms with Gasteiger partial charge >= 0.3 is 6.09 Å². The summed E-state index contributed by atoms with van der Waals surface area (Å²) >= 11 is 0. The highest BCUT2D eigenvalue weighted by Gasteiger charge is 2.10. The first-order valence-electron chi connectivity index (χ1n) is 4.74. The van der Waals surface area contributed by atoms with Gasteiger partial charge in [0.05, 0.1) is 20.8 Å². The van der Waals surface area contributed by atoms with E-state index in [0.29, 0.717) is 18.2 Å². The second kappa shape index (κ2) is 5.79. The summed E-state index contributed by atoms with van der Waals surface area (Å²) in [7, 11) is 2.96. The molecular weight excluding hydrogens is 212 g/mol. The number of pyridine rings is 1. The van der Waals surface area contributed by atoms with Gasteiger partial charge in [0.2, 0.25) is 11.8 Å². The van der Waals surface area contributed by atoms with Crippen LogP contribution in [0.2, 0.25) is 0 Å². The molecule has 6 heteroatoms. The van der Waals surface area contributed by atoms with Gasteiger partial charge in [-0.2, -0.15) is 4.98 Å². The highest BCUT2D eigenvalue weighted by Crippen LogP contribution is 2.24. The van der Waals surface area contributed by atoms with Crippen molar-refractivity contribution in [1.29, 1.82) is 0 Å². The zero-order valence-electron chi connectivity index (χ0n) is 9.44. The molecule has 0 radical (unpaired) electrons. The lowest BCUT2D eigenvalue weighted by atomic mass is 10.4. The van der Waals surface area contributed by atoms with Crippen molar-refractivity contribution in [2.45, 2.75) is 6.92 Å². The molecule has 1 rings (SSSR count). The maximum atomic E-state index is 11.2. The van der Waals surface area contributed by atoms with Gasteiger partial charge in [-0.1, -0.05) is 0 Å². The molecule has 0 aliphatic rings. The first kappa shape index (κ1) is 12.1. The number of nitrogens with one attached hydrogen (secondary N) is 1. The zero-order valence-corrected chi connectivity index (χ0v) is 9.44. The Bertz CT molecular complexity index is 368. The smallest absolute Gasteiger partial charge is 0.411 e. The Kier molecular flexibility index (Phi) is 4.38. The third-order valence-corrected chi connectivity index (χ3v) is 1.75. The van der Waals surface area contributed by atoms with Crippen molar-refractivity contribution in [2.75, 3.05) is 26.1 Å². The number of hydrogen-bond acceptors (Lipinski definition) is 5. The number of nitrogens with zero attached hydrogens (tertiary/aromatic N) is 1. The number of aromatic nitrogens is 1. The molecule has 6 nitrogen and oxygen atoms in total. The lowest BCUT2D eigenvalue weighted by molar-refractivity contribution is 0.167. The summed E-state index contributed by atoms with van der Waals surface area (Å²) in [6, 6.07) is 3.24. The van der Waals surface area contributed by atoms with E-state index in [0.717, 1.165) is 0 Å². The molecular formula is C10H14N2O4. The van der Waals surface area contributed by atoms with E-state index in [-0.39, 0.29) is 5.88 Å². The van der Waals surface area contributed by atoms with Crippen molar-refractivity contribution >= 4 is 11.8 Å². The molecule has 0 spiro atoms. The van der Waals surface area contributed by atoms with Gasteiger partial charge in [-0.15, -0.1) is 0 Å². The van der Waals surface area contributed by atoms with Crippen LogP contribution in [0.4, 0.5) is 10.5 Å². The summed E-state index contributed by atoms with van der Waals surface area (Å²) < 4.78 is 14.7. The Morgan fingerprint density at radius 2 is 2.12 bits per heavy atom. The van der Waals surface area contributed by atoms with E-state index in [1.165, 1.54) is 14.2 Å². The average molecular weight is 226 g/mol. The third kappa shape index (κ3) is 3.01. The second-order valence-electron chi connectivity index (χ2n) is 2.76. The van der Waals surface area contributed by atoms with Gasteiger partial charge in [-0.05, 0) is 13.0 Å². The van der Waals surface area contributed by atoms with Crippen LogP contribution in [0.25, 0.3) is 0 Å². The van der Waals surface area contributed by atoms with Crippen molar-refractivity contribution in [1.82, 2.24) is 4.98 Å². The Morgan fingerprint density at radius 3 is 2.69 bits per heavy atom. The molecule has 0 aliphatic heterocycles. The van der Waals surface area contributed by atoms with Crippen LogP contribution in [0.5, 0.6) is 11.8 Å². The topological polar surface area (TPSA) is 69.7 Å². The van der Waals surface area contributed by atoms with E-state index in [1.54, 1.807) is 19.1 Å². The molecule has 0 atom stereocenters. The van der Waals surface area contributed by atoms with Gasteiger partial charge in [-0.25, -0.2) is 4.79 Å². The SMILES string of the molecule is CCOC(=O)Nc1ccc(OC)nc1OC. The fourth-order valence-electron chi connectivity index (χ4n) is 1.07. The number of carbonyl (C=O) groups excluding carboxylic acids is 1. The Hall–Kier alpha value is -1.98. The first-order chi connectivity index (χ1) is 7.71. The molecule has 1 aromatic rings. The van der Waals surface area contributed by atoms with Gasteiger partial charge in [0, 0.05) is 6.07 Å². The van der Waals surface area contributed by atoms with Crippen molar-refractivity contribution in [3.05, 3.63) is 12.1 Å². The molecule has 1 heterocycles. The van der Waals surface area contributed by atoms with E-state index in [1.807, 2.05) is 0 Å². The first-order valence-corrected chi connectivity index (χ1v) is 4.74. The Labute approximate surface area is 93.5 Å². The minimum Gasteiger partial charge on any atom is -0.481 e. The molecule has 0 saturated carbocycles. The number of hydrogen-bond donors (Lipinski definition) is 1. The normalized spacial score (nSPS) is 9.44. The fourth-order valence-corrected chi connectivity index (χ4v) is 1.07.